The number of aromatic nitrogens is 3. The first-order chi connectivity index (χ1) is 13.8. The van der Waals surface area contributed by atoms with Crippen molar-refractivity contribution in [3.63, 3.8) is 0 Å². The van der Waals surface area contributed by atoms with Gasteiger partial charge in [0.1, 0.15) is 22.9 Å². The maximum absolute atomic E-state index is 5.28. The molecule has 4 rings (SSSR count). The number of methoxy groups -OCH3 is 2. The maximum Gasteiger partial charge on any atom is 0.182 e. The number of hydrogen-bond acceptors (Lipinski definition) is 5. The Labute approximate surface area is 163 Å². The Hall–Kier alpha value is -3.73. The second-order valence-electron chi connectivity index (χ2n) is 6.16. The van der Waals surface area contributed by atoms with Crippen LogP contribution >= 0.6 is 0 Å². The summed E-state index contributed by atoms with van der Waals surface area (Å²) in [5.41, 5.74) is 4.27. The number of ether oxygens (including phenoxy) is 2. The van der Waals surface area contributed by atoms with Crippen LogP contribution in [0.3, 0.4) is 0 Å². The van der Waals surface area contributed by atoms with Gasteiger partial charge in [-0.25, -0.2) is 4.98 Å². The number of rotatable bonds is 5. The van der Waals surface area contributed by atoms with Crippen molar-refractivity contribution in [3.8, 4) is 45.4 Å². The summed E-state index contributed by atoms with van der Waals surface area (Å²) in [4.78, 5) is 4.84. The molecule has 0 aliphatic heterocycles. The first kappa shape index (κ1) is 17.7. The van der Waals surface area contributed by atoms with Gasteiger partial charge in [0.25, 0.3) is 0 Å². The lowest BCUT2D eigenvalue weighted by Crippen LogP contribution is -2.00. The normalized spacial score (nSPS) is 10.5. The molecule has 0 atom stereocenters. The average Bonchev–Trinajstić information content (AvgIpc) is 2.79. The number of nitrogens with zero attached hydrogens (tertiary/aromatic N) is 3. The molecule has 0 aliphatic carbocycles. The molecule has 0 unspecified atom stereocenters. The first-order valence-electron chi connectivity index (χ1n) is 8.87. The van der Waals surface area contributed by atoms with E-state index in [1.54, 1.807) is 14.2 Å². The van der Waals surface area contributed by atoms with Gasteiger partial charge in [0.2, 0.25) is 0 Å². The van der Waals surface area contributed by atoms with Gasteiger partial charge in [-0.3, -0.25) is 0 Å². The molecule has 5 heteroatoms. The van der Waals surface area contributed by atoms with E-state index < -0.39 is 0 Å². The molecule has 1 aromatic heterocycles. The molecule has 0 N–H and O–H groups in total. The molecule has 0 bridgehead atoms. The van der Waals surface area contributed by atoms with E-state index in [0.29, 0.717) is 11.5 Å². The van der Waals surface area contributed by atoms with Crippen molar-refractivity contribution in [2.45, 2.75) is 0 Å². The summed E-state index contributed by atoms with van der Waals surface area (Å²) >= 11 is 0. The molecule has 0 amide bonds. The van der Waals surface area contributed by atoms with Crippen LogP contribution in [0.25, 0.3) is 33.9 Å². The quantitative estimate of drug-likeness (QED) is 0.501. The zero-order valence-electron chi connectivity index (χ0n) is 15.7. The molecule has 0 radical (unpaired) electrons. The van der Waals surface area contributed by atoms with Gasteiger partial charge in [-0.1, -0.05) is 30.3 Å². The Balaban J connectivity index is 1.86. The van der Waals surface area contributed by atoms with Gasteiger partial charge in [0.05, 0.1) is 14.2 Å². The number of benzene rings is 3. The van der Waals surface area contributed by atoms with Crippen LogP contribution in [0.5, 0.6) is 11.5 Å². The van der Waals surface area contributed by atoms with Gasteiger partial charge >= 0.3 is 0 Å². The van der Waals surface area contributed by atoms with Gasteiger partial charge < -0.3 is 9.47 Å². The van der Waals surface area contributed by atoms with Crippen molar-refractivity contribution in [1.82, 2.24) is 15.2 Å². The third-order valence-electron chi connectivity index (χ3n) is 4.45. The highest BCUT2D eigenvalue weighted by molar-refractivity contribution is 5.79. The second kappa shape index (κ2) is 7.88. The highest BCUT2D eigenvalue weighted by Gasteiger charge is 2.15. The van der Waals surface area contributed by atoms with Crippen LogP contribution in [0.4, 0.5) is 0 Å². The predicted octanol–water partition coefficient (Wildman–Crippen LogP) is 4.89. The molecule has 0 spiro atoms. The van der Waals surface area contributed by atoms with Gasteiger partial charge in [-0.15, -0.1) is 10.2 Å². The van der Waals surface area contributed by atoms with E-state index in [2.05, 4.69) is 10.2 Å². The van der Waals surface area contributed by atoms with Crippen molar-refractivity contribution >= 4 is 0 Å². The molecule has 1 heterocycles. The summed E-state index contributed by atoms with van der Waals surface area (Å²) in [5.74, 6) is 2.17. The average molecular weight is 369 g/mol. The third kappa shape index (κ3) is 3.55. The zero-order chi connectivity index (χ0) is 19.3. The molecule has 3 aromatic carbocycles. The van der Waals surface area contributed by atoms with Gasteiger partial charge in [-0.2, -0.15) is 0 Å². The lowest BCUT2D eigenvalue weighted by atomic mass is 10.0. The van der Waals surface area contributed by atoms with E-state index in [1.807, 2.05) is 78.9 Å². The van der Waals surface area contributed by atoms with E-state index in [0.717, 1.165) is 33.9 Å². The summed E-state index contributed by atoms with van der Waals surface area (Å²) in [6.07, 6.45) is 0. The molecule has 0 aliphatic rings. The maximum atomic E-state index is 5.28. The predicted molar refractivity (Wildman–Crippen MR) is 109 cm³/mol. The van der Waals surface area contributed by atoms with E-state index in [9.17, 15) is 0 Å². The highest BCUT2D eigenvalue weighted by atomic mass is 16.5. The summed E-state index contributed by atoms with van der Waals surface area (Å²) in [6.45, 7) is 0. The molecular weight excluding hydrogens is 350 g/mol. The highest BCUT2D eigenvalue weighted by Crippen LogP contribution is 2.31. The van der Waals surface area contributed by atoms with Gasteiger partial charge in [0.15, 0.2) is 5.82 Å². The van der Waals surface area contributed by atoms with Crippen LogP contribution in [0.2, 0.25) is 0 Å². The Morgan fingerprint density at radius 1 is 0.536 bits per heavy atom. The number of hydrogen-bond donors (Lipinski definition) is 0. The molecular formula is C23H19N3O2. The van der Waals surface area contributed by atoms with Crippen LogP contribution in [0, 0.1) is 0 Å². The zero-order valence-corrected chi connectivity index (χ0v) is 15.7. The van der Waals surface area contributed by atoms with Crippen molar-refractivity contribution in [2.24, 2.45) is 0 Å². The monoisotopic (exact) mass is 369 g/mol. The van der Waals surface area contributed by atoms with Crippen LogP contribution in [0.15, 0.2) is 78.9 Å². The minimum atomic E-state index is 0.587. The fourth-order valence-electron chi connectivity index (χ4n) is 2.93. The van der Waals surface area contributed by atoms with Crippen LogP contribution in [0.1, 0.15) is 0 Å². The van der Waals surface area contributed by atoms with Crippen molar-refractivity contribution in [1.29, 1.82) is 0 Å². The van der Waals surface area contributed by atoms with E-state index in [4.69, 9.17) is 14.5 Å². The van der Waals surface area contributed by atoms with E-state index in [1.165, 1.54) is 0 Å². The minimum Gasteiger partial charge on any atom is -0.497 e. The SMILES string of the molecule is COc1ccc(-c2nnc(-c3ccccc3)nc2-c2ccc(OC)cc2)cc1. The summed E-state index contributed by atoms with van der Waals surface area (Å²) in [7, 11) is 3.30. The lowest BCUT2D eigenvalue weighted by molar-refractivity contribution is 0.414. The van der Waals surface area contributed by atoms with Crippen LogP contribution in [-0.2, 0) is 0 Å². The molecule has 0 saturated heterocycles. The summed E-state index contributed by atoms with van der Waals surface area (Å²) < 4.78 is 10.5. The summed E-state index contributed by atoms with van der Waals surface area (Å²) in [5, 5.41) is 8.89. The van der Waals surface area contributed by atoms with E-state index >= 15 is 0 Å². The molecule has 138 valence electrons. The third-order valence-corrected chi connectivity index (χ3v) is 4.45. The Morgan fingerprint density at radius 3 is 1.61 bits per heavy atom. The van der Waals surface area contributed by atoms with Crippen LogP contribution in [-0.4, -0.2) is 29.4 Å². The Bertz CT molecular complexity index is 1060. The Morgan fingerprint density at radius 2 is 1.07 bits per heavy atom. The summed E-state index contributed by atoms with van der Waals surface area (Å²) in [6, 6.07) is 25.3. The topological polar surface area (TPSA) is 57.1 Å². The first-order valence-corrected chi connectivity index (χ1v) is 8.87. The second-order valence-corrected chi connectivity index (χ2v) is 6.16. The van der Waals surface area contributed by atoms with Crippen molar-refractivity contribution < 1.29 is 9.47 Å². The minimum absolute atomic E-state index is 0.587. The molecule has 0 saturated carbocycles. The standard InChI is InChI=1S/C23H19N3O2/c1-27-19-12-8-16(9-13-19)21-22(17-10-14-20(28-2)15-11-17)25-26-23(24-21)18-6-4-3-5-7-18/h3-15H,1-2H3. The fraction of sp³-hybridized carbons (Fsp3) is 0.0870. The molecule has 0 fully saturated rings. The lowest BCUT2D eigenvalue weighted by Gasteiger charge is -2.11. The molecule has 4 aromatic rings. The van der Waals surface area contributed by atoms with Crippen molar-refractivity contribution in [3.05, 3.63) is 78.9 Å². The van der Waals surface area contributed by atoms with E-state index in [-0.39, 0.29) is 0 Å². The Kier molecular flexibility index (Phi) is 4.97. The fourth-order valence-corrected chi connectivity index (χ4v) is 2.93. The van der Waals surface area contributed by atoms with Crippen molar-refractivity contribution in [2.75, 3.05) is 14.2 Å². The molecule has 5 nitrogen and oxygen atoms in total. The van der Waals surface area contributed by atoms with Gasteiger partial charge in [-0.05, 0) is 48.5 Å². The molecule has 28 heavy (non-hydrogen) atoms. The largest absolute Gasteiger partial charge is 0.497 e. The van der Waals surface area contributed by atoms with Crippen LogP contribution < -0.4 is 9.47 Å². The smallest absolute Gasteiger partial charge is 0.182 e. The van der Waals surface area contributed by atoms with Gasteiger partial charge in [0, 0.05) is 16.7 Å².